The molecule has 7 nitrogen and oxygen atoms in total. The molecule has 1 saturated carbocycles. The molecule has 0 radical (unpaired) electrons. The molecule has 102 valence electrons. The summed E-state index contributed by atoms with van der Waals surface area (Å²) >= 11 is 0. The molecule has 0 aromatic carbocycles. The average molecular weight is 263 g/mol. The SMILES string of the molecule is COn1c(C2CCCCC2)c2[nH]c(=O)[nH]c2nc1=N. The summed E-state index contributed by atoms with van der Waals surface area (Å²) < 4.78 is 1.42. The van der Waals surface area contributed by atoms with Gasteiger partial charge in [0.1, 0.15) is 12.6 Å². The third kappa shape index (κ3) is 1.94. The monoisotopic (exact) mass is 263 g/mol. The second-order valence-electron chi connectivity index (χ2n) is 4.94. The van der Waals surface area contributed by atoms with Gasteiger partial charge in [-0.2, -0.15) is 4.98 Å². The lowest BCUT2D eigenvalue weighted by Gasteiger charge is -2.24. The summed E-state index contributed by atoms with van der Waals surface area (Å²) in [7, 11) is 1.52. The van der Waals surface area contributed by atoms with Crippen LogP contribution >= 0.6 is 0 Å². The van der Waals surface area contributed by atoms with Crippen molar-refractivity contribution in [3.05, 3.63) is 21.8 Å². The largest absolute Gasteiger partial charge is 0.414 e. The van der Waals surface area contributed by atoms with Crippen molar-refractivity contribution in [1.29, 1.82) is 5.41 Å². The maximum absolute atomic E-state index is 11.5. The first-order chi connectivity index (χ1) is 9.20. The molecule has 1 aliphatic rings. The molecule has 3 rings (SSSR count). The standard InChI is InChI=1S/C12H17N5O2/c1-19-17-9(7-5-3-2-4-6-7)8-10(15-11(17)13)16-12(18)14-8/h7H,2-6H2,1H3,(H3,13,14,15,16,18). The first-order valence-corrected chi connectivity index (χ1v) is 6.54. The van der Waals surface area contributed by atoms with Crippen LogP contribution in [0.15, 0.2) is 4.79 Å². The fourth-order valence-electron chi connectivity index (χ4n) is 2.94. The van der Waals surface area contributed by atoms with Crippen LogP contribution in [0.3, 0.4) is 0 Å². The number of fused-ring (bicyclic) bond motifs is 1. The van der Waals surface area contributed by atoms with Crippen LogP contribution in [-0.2, 0) is 0 Å². The van der Waals surface area contributed by atoms with E-state index in [9.17, 15) is 4.79 Å². The van der Waals surface area contributed by atoms with E-state index in [4.69, 9.17) is 10.2 Å². The smallest absolute Gasteiger partial charge is 0.325 e. The van der Waals surface area contributed by atoms with E-state index in [1.807, 2.05) is 0 Å². The van der Waals surface area contributed by atoms with E-state index in [0.717, 1.165) is 18.5 Å². The van der Waals surface area contributed by atoms with Gasteiger partial charge in [0.2, 0.25) is 0 Å². The molecule has 2 aromatic rings. The molecule has 2 heterocycles. The van der Waals surface area contributed by atoms with E-state index in [0.29, 0.717) is 17.1 Å². The third-order valence-electron chi connectivity index (χ3n) is 3.77. The predicted octanol–water partition coefficient (Wildman–Crippen LogP) is 0.638. The number of H-pyrrole nitrogens is 2. The minimum absolute atomic E-state index is 0.00539. The van der Waals surface area contributed by atoms with Crippen molar-refractivity contribution in [2.24, 2.45) is 0 Å². The number of imidazole rings is 1. The van der Waals surface area contributed by atoms with Gasteiger partial charge in [0.15, 0.2) is 5.65 Å². The van der Waals surface area contributed by atoms with Gasteiger partial charge in [0, 0.05) is 5.92 Å². The first-order valence-electron chi connectivity index (χ1n) is 6.54. The highest BCUT2D eigenvalue weighted by molar-refractivity contribution is 5.72. The van der Waals surface area contributed by atoms with Gasteiger partial charge in [-0.25, -0.2) is 4.79 Å². The maximum atomic E-state index is 11.5. The number of nitrogens with one attached hydrogen (secondary N) is 3. The highest BCUT2D eigenvalue weighted by Crippen LogP contribution is 2.33. The number of aromatic nitrogens is 4. The van der Waals surface area contributed by atoms with Crippen LogP contribution in [0.2, 0.25) is 0 Å². The van der Waals surface area contributed by atoms with Crippen LogP contribution in [0.25, 0.3) is 11.2 Å². The molecule has 2 aromatic heterocycles. The molecule has 0 aliphatic heterocycles. The number of aromatic amines is 2. The fraction of sp³-hybridized carbons (Fsp3) is 0.583. The molecular formula is C12H17N5O2. The highest BCUT2D eigenvalue weighted by atomic mass is 16.6. The van der Waals surface area contributed by atoms with Crippen molar-refractivity contribution in [2.45, 2.75) is 38.0 Å². The Labute approximate surface area is 109 Å². The van der Waals surface area contributed by atoms with Crippen molar-refractivity contribution in [3.8, 4) is 0 Å². The molecule has 0 atom stereocenters. The zero-order chi connectivity index (χ0) is 13.4. The molecule has 19 heavy (non-hydrogen) atoms. The van der Waals surface area contributed by atoms with Gasteiger partial charge < -0.3 is 9.82 Å². The molecule has 0 amide bonds. The van der Waals surface area contributed by atoms with Crippen LogP contribution in [-0.4, -0.2) is 26.8 Å². The normalized spacial score (nSPS) is 16.9. The van der Waals surface area contributed by atoms with E-state index in [2.05, 4.69) is 15.0 Å². The highest BCUT2D eigenvalue weighted by Gasteiger charge is 2.24. The van der Waals surface area contributed by atoms with Gasteiger partial charge in [-0.1, -0.05) is 19.3 Å². The van der Waals surface area contributed by atoms with Crippen LogP contribution in [0.1, 0.15) is 43.7 Å². The number of hydrogen-bond donors (Lipinski definition) is 3. The molecule has 7 heteroatoms. The lowest BCUT2D eigenvalue weighted by molar-refractivity contribution is 0.135. The minimum Gasteiger partial charge on any atom is -0.414 e. The second kappa shape index (κ2) is 4.56. The average Bonchev–Trinajstić information content (AvgIpc) is 2.77. The van der Waals surface area contributed by atoms with Gasteiger partial charge >= 0.3 is 5.69 Å². The minimum atomic E-state index is -0.298. The molecule has 0 unspecified atom stereocenters. The van der Waals surface area contributed by atoms with Crippen LogP contribution < -0.4 is 16.1 Å². The molecule has 0 saturated heterocycles. The summed E-state index contributed by atoms with van der Waals surface area (Å²) in [5.74, 6) is 0.301. The lowest BCUT2D eigenvalue weighted by atomic mass is 9.86. The zero-order valence-electron chi connectivity index (χ0n) is 10.8. The van der Waals surface area contributed by atoms with E-state index < -0.39 is 0 Å². The second-order valence-corrected chi connectivity index (χ2v) is 4.94. The van der Waals surface area contributed by atoms with E-state index in [1.165, 1.54) is 31.1 Å². The fourth-order valence-corrected chi connectivity index (χ4v) is 2.94. The van der Waals surface area contributed by atoms with Crippen molar-refractivity contribution >= 4 is 11.2 Å². The third-order valence-corrected chi connectivity index (χ3v) is 3.77. The lowest BCUT2D eigenvalue weighted by Crippen LogP contribution is -2.32. The summed E-state index contributed by atoms with van der Waals surface area (Å²) in [6, 6.07) is 0. The molecule has 3 N–H and O–H groups in total. The Hall–Kier alpha value is -2.05. The summed E-state index contributed by atoms with van der Waals surface area (Å²) in [5.41, 5.74) is 1.66. The quantitative estimate of drug-likeness (QED) is 0.741. The topological polar surface area (TPSA) is 99.5 Å². The van der Waals surface area contributed by atoms with Gasteiger partial charge in [-0.05, 0) is 12.8 Å². The molecule has 1 fully saturated rings. The van der Waals surface area contributed by atoms with E-state index in [1.54, 1.807) is 0 Å². The predicted molar refractivity (Wildman–Crippen MR) is 68.9 cm³/mol. The summed E-state index contributed by atoms with van der Waals surface area (Å²) in [4.78, 5) is 26.2. The number of hydrogen-bond acceptors (Lipinski definition) is 4. The van der Waals surface area contributed by atoms with Gasteiger partial charge in [0.05, 0.1) is 5.69 Å². The van der Waals surface area contributed by atoms with Gasteiger partial charge in [-0.3, -0.25) is 10.4 Å². The van der Waals surface area contributed by atoms with E-state index >= 15 is 0 Å². The number of nitrogens with zero attached hydrogens (tertiary/aromatic N) is 2. The first kappa shape index (κ1) is 12.0. The summed E-state index contributed by atoms with van der Waals surface area (Å²) in [6.45, 7) is 0. The molecule has 1 aliphatic carbocycles. The molecule has 0 spiro atoms. The van der Waals surface area contributed by atoms with Crippen molar-refractivity contribution in [1.82, 2.24) is 19.7 Å². The Bertz CT molecular complexity index is 705. The van der Waals surface area contributed by atoms with Crippen molar-refractivity contribution < 1.29 is 4.84 Å². The number of rotatable bonds is 2. The van der Waals surface area contributed by atoms with Crippen molar-refractivity contribution in [2.75, 3.05) is 7.11 Å². The molecule has 0 bridgehead atoms. The van der Waals surface area contributed by atoms with Crippen LogP contribution in [0.5, 0.6) is 0 Å². The van der Waals surface area contributed by atoms with Crippen molar-refractivity contribution in [3.63, 3.8) is 0 Å². The Morgan fingerprint density at radius 1 is 1.32 bits per heavy atom. The van der Waals surface area contributed by atoms with Gasteiger partial charge in [0.25, 0.3) is 5.62 Å². The van der Waals surface area contributed by atoms with E-state index in [-0.39, 0.29) is 11.3 Å². The maximum Gasteiger partial charge on any atom is 0.325 e. The van der Waals surface area contributed by atoms with Crippen LogP contribution in [0.4, 0.5) is 0 Å². The Balaban J connectivity index is 2.28. The Kier molecular flexibility index (Phi) is 2.88. The molecular weight excluding hydrogens is 246 g/mol. The Morgan fingerprint density at radius 3 is 2.74 bits per heavy atom. The summed E-state index contributed by atoms with van der Waals surface area (Å²) in [6.07, 6.45) is 5.68. The van der Waals surface area contributed by atoms with Gasteiger partial charge in [-0.15, -0.1) is 4.73 Å². The summed E-state index contributed by atoms with van der Waals surface area (Å²) in [5, 5.41) is 7.91. The zero-order valence-corrected chi connectivity index (χ0v) is 10.8. The van der Waals surface area contributed by atoms with Crippen LogP contribution in [0, 0.1) is 5.41 Å². The Morgan fingerprint density at radius 2 is 2.05 bits per heavy atom.